The number of unbranched alkanes of at least 4 members (excludes halogenated alkanes) is 7. The quantitative estimate of drug-likeness (QED) is 0.207. The lowest BCUT2D eigenvalue weighted by Gasteiger charge is -2.10. The second kappa shape index (κ2) is 14.1. The average molecular weight is 447 g/mol. The van der Waals surface area contributed by atoms with E-state index in [1.807, 2.05) is 24.3 Å². The number of anilines is 1. The van der Waals surface area contributed by atoms with Crippen molar-refractivity contribution in [1.82, 2.24) is 5.32 Å². The maximum atomic E-state index is 12.2. The third kappa shape index (κ3) is 8.84. The Hall–Kier alpha value is -1.92. The Balaban J connectivity index is 1.79. The standard InChI is InChI=1S/C24H34N2O2S2/c1-3-4-5-6-7-8-9-13-16-25-24(29)26-22-21(23(27)28-2)18-20(30-22)17-19-14-11-10-12-15-19/h10-12,14-15,18H,3-9,13,16-17H2,1-2H3,(H2,25,26,29). The van der Waals surface area contributed by atoms with Crippen LogP contribution in [0.3, 0.4) is 0 Å². The van der Waals surface area contributed by atoms with Gasteiger partial charge in [0.25, 0.3) is 0 Å². The average Bonchev–Trinajstić information content (AvgIpc) is 3.14. The van der Waals surface area contributed by atoms with Crippen LogP contribution in [0.5, 0.6) is 0 Å². The zero-order valence-corrected chi connectivity index (χ0v) is 19.8. The molecule has 1 aromatic carbocycles. The molecular formula is C24H34N2O2S2. The zero-order chi connectivity index (χ0) is 21.6. The minimum atomic E-state index is -0.348. The highest BCUT2D eigenvalue weighted by Gasteiger charge is 2.17. The number of rotatable bonds is 13. The van der Waals surface area contributed by atoms with Crippen LogP contribution in [0, 0.1) is 0 Å². The molecule has 6 heteroatoms. The highest BCUT2D eigenvalue weighted by molar-refractivity contribution is 7.80. The summed E-state index contributed by atoms with van der Waals surface area (Å²) in [6.45, 7) is 3.09. The van der Waals surface area contributed by atoms with Crippen LogP contribution in [-0.4, -0.2) is 24.7 Å². The van der Waals surface area contributed by atoms with Crippen LogP contribution in [0.15, 0.2) is 36.4 Å². The molecular weight excluding hydrogens is 412 g/mol. The Labute approximate surface area is 190 Å². The van der Waals surface area contributed by atoms with Crippen molar-refractivity contribution in [3.05, 3.63) is 52.4 Å². The van der Waals surface area contributed by atoms with Gasteiger partial charge in [0.05, 0.1) is 12.7 Å². The summed E-state index contributed by atoms with van der Waals surface area (Å²) < 4.78 is 4.95. The van der Waals surface area contributed by atoms with E-state index in [2.05, 4.69) is 29.7 Å². The predicted octanol–water partition coefficient (Wildman–Crippen LogP) is 6.55. The van der Waals surface area contributed by atoms with Gasteiger partial charge in [-0.25, -0.2) is 4.79 Å². The van der Waals surface area contributed by atoms with E-state index in [1.165, 1.54) is 57.6 Å². The summed E-state index contributed by atoms with van der Waals surface area (Å²) in [5.74, 6) is -0.348. The molecule has 0 spiro atoms. The van der Waals surface area contributed by atoms with Crippen molar-refractivity contribution in [2.45, 2.75) is 64.7 Å². The molecule has 0 unspecified atom stereocenters. The van der Waals surface area contributed by atoms with Gasteiger partial charge in [-0.15, -0.1) is 11.3 Å². The van der Waals surface area contributed by atoms with E-state index in [4.69, 9.17) is 17.0 Å². The minimum absolute atomic E-state index is 0.348. The Bertz CT molecular complexity index is 775. The van der Waals surface area contributed by atoms with Crippen molar-refractivity contribution in [3.8, 4) is 0 Å². The number of hydrogen-bond donors (Lipinski definition) is 2. The van der Waals surface area contributed by atoms with Crippen LogP contribution < -0.4 is 10.6 Å². The third-order valence-electron chi connectivity index (χ3n) is 4.95. The number of thiocarbonyl (C=S) groups is 1. The summed E-state index contributed by atoms with van der Waals surface area (Å²) in [4.78, 5) is 13.3. The Kier molecular flexibility index (Phi) is 11.5. The van der Waals surface area contributed by atoms with Crippen LogP contribution >= 0.6 is 23.6 Å². The number of hydrogen-bond acceptors (Lipinski definition) is 4. The number of methoxy groups -OCH3 is 1. The van der Waals surface area contributed by atoms with Gasteiger partial charge in [0.2, 0.25) is 0 Å². The van der Waals surface area contributed by atoms with Gasteiger partial charge in [-0.05, 0) is 30.3 Å². The van der Waals surface area contributed by atoms with E-state index in [0.29, 0.717) is 10.7 Å². The number of thiophene rings is 1. The molecule has 0 bridgehead atoms. The smallest absolute Gasteiger partial charge is 0.340 e. The van der Waals surface area contributed by atoms with Gasteiger partial charge in [-0.3, -0.25) is 0 Å². The fourth-order valence-corrected chi connectivity index (χ4v) is 4.64. The topological polar surface area (TPSA) is 50.4 Å². The zero-order valence-electron chi connectivity index (χ0n) is 18.2. The SMILES string of the molecule is CCCCCCCCCCNC(=S)Nc1sc(Cc2ccccc2)cc1C(=O)OC. The Morgan fingerprint density at radius 3 is 2.37 bits per heavy atom. The molecule has 0 saturated carbocycles. The maximum absolute atomic E-state index is 12.2. The van der Waals surface area contributed by atoms with Gasteiger partial charge in [0, 0.05) is 17.8 Å². The van der Waals surface area contributed by atoms with Gasteiger partial charge in [0.15, 0.2) is 5.11 Å². The number of carbonyl (C=O) groups is 1. The number of esters is 1. The molecule has 0 radical (unpaired) electrons. The van der Waals surface area contributed by atoms with Crippen molar-refractivity contribution in [3.63, 3.8) is 0 Å². The summed E-state index contributed by atoms with van der Waals surface area (Å²) in [5.41, 5.74) is 1.74. The summed E-state index contributed by atoms with van der Waals surface area (Å²) in [5, 5.41) is 7.74. The molecule has 0 amide bonds. The van der Waals surface area contributed by atoms with E-state index in [1.54, 1.807) is 11.3 Å². The van der Waals surface area contributed by atoms with E-state index in [9.17, 15) is 4.79 Å². The molecule has 4 nitrogen and oxygen atoms in total. The van der Waals surface area contributed by atoms with Crippen LogP contribution in [-0.2, 0) is 11.2 Å². The normalized spacial score (nSPS) is 10.6. The van der Waals surface area contributed by atoms with Crippen molar-refractivity contribution < 1.29 is 9.53 Å². The van der Waals surface area contributed by atoms with Crippen molar-refractivity contribution >= 4 is 39.6 Å². The molecule has 0 saturated heterocycles. The lowest BCUT2D eigenvalue weighted by atomic mass is 10.1. The van der Waals surface area contributed by atoms with E-state index in [0.717, 1.165) is 29.3 Å². The lowest BCUT2D eigenvalue weighted by Crippen LogP contribution is -2.29. The Morgan fingerprint density at radius 1 is 1.03 bits per heavy atom. The third-order valence-corrected chi connectivity index (χ3v) is 6.25. The molecule has 30 heavy (non-hydrogen) atoms. The number of benzene rings is 1. The highest BCUT2D eigenvalue weighted by atomic mass is 32.1. The molecule has 1 aromatic heterocycles. The molecule has 0 atom stereocenters. The summed E-state index contributed by atoms with van der Waals surface area (Å²) in [6, 6.07) is 12.1. The summed E-state index contributed by atoms with van der Waals surface area (Å²) >= 11 is 6.98. The molecule has 2 aromatic rings. The van der Waals surface area contributed by atoms with Crippen LogP contribution in [0.2, 0.25) is 0 Å². The van der Waals surface area contributed by atoms with Crippen molar-refractivity contribution in [1.29, 1.82) is 0 Å². The monoisotopic (exact) mass is 446 g/mol. The van der Waals surface area contributed by atoms with Gasteiger partial charge in [0.1, 0.15) is 5.00 Å². The molecule has 1 heterocycles. The first-order valence-electron chi connectivity index (χ1n) is 10.9. The fraction of sp³-hybridized carbons (Fsp3) is 0.500. The minimum Gasteiger partial charge on any atom is -0.465 e. The maximum Gasteiger partial charge on any atom is 0.340 e. The van der Waals surface area contributed by atoms with Crippen LogP contribution in [0.4, 0.5) is 5.00 Å². The Morgan fingerprint density at radius 2 is 1.70 bits per heavy atom. The van der Waals surface area contributed by atoms with Gasteiger partial charge >= 0.3 is 5.97 Å². The lowest BCUT2D eigenvalue weighted by molar-refractivity contribution is 0.0602. The molecule has 0 aliphatic heterocycles. The fourth-order valence-electron chi connectivity index (χ4n) is 3.29. The molecule has 2 rings (SSSR count). The van der Waals surface area contributed by atoms with Gasteiger partial charge in [-0.2, -0.15) is 0 Å². The van der Waals surface area contributed by atoms with E-state index < -0.39 is 0 Å². The largest absolute Gasteiger partial charge is 0.465 e. The first-order chi connectivity index (χ1) is 14.6. The number of ether oxygens (including phenoxy) is 1. The number of nitrogens with one attached hydrogen (secondary N) is 2. The van der Waals surface area contributed by atoms with Gasteiger partial charge in [-0.1, -0.05) is 82.2 Å². The summed E-state index contributed by atoms with van der Waals surface area (Å²) in [7, 11) is 1.40. The first kappa shape index (κ1) is 24.4. The van der Waals surface area contributed by atoms with Crippen molar-refractivity contribution in [2.24, 2.45) is 0 Å². The molecule has 0 aliphatic carbocycles. The molecule has 0 fully saturated rings. The predicted molar refractivity (Wildman–Crippen MR) is 132 cm³/mol. The van der Waals surface area contributed by atoms with Crippen LogP contribution in [0.25, 0.3) is 0 Å². The summed E-state index contributed by atoms with van der Waals surface area (Å²) in [6.07, 6.45) is 11.1. The highest BCUT2D eigenvalue weighted by Crippen LogP contribution is 2.30. The second-order valence-corrected chi connectivity index (χ2v) is 9.01. The van der Waals surface area contributed by atoms with E-state index >= 15 is 0 Å². The van der Waals surface area contributed by atoms with E-state index in [-0.39, 0.29) is 5.97 Å². The molecule has 0 aliphatic rings. The molecule has 164 valence electrons. The number of carbonyl (C=O) groups excluding carboxylic acids is 1. The van der Waals surface area contributed by atoms with Crippen LogP contribution in [0.1, 0.15) is 79.1 Å². The second-order valence-electron chi connectivity index (χ2n) is 7.47. The van der Waals surface area contributed by atoms with Gasteiger partial charge < -0.3 is 15.4 Å². The first-order valence-corrected chi connectivity index (χ1v) is 12.2. The van der Waals surface area contributed by atoms with Crippen molar-refractivity contribution in [2.75, 3.05) is 19.0 Å². The molecule has 2 N–H and O–H groups in total.